The molecule has 20 heavy (non-hydrogen) atoms. The number of hydrogen-bond acceptors (Lipinski definition) is 5. The highest BCUT2D eigenvalue weighted by molar-refractivity contribution is 6.22. The second kappa shape index (κ2) is 5.36. The van der Waals surface area contributed by atoms with Crippen molar-refractivity contribution in [2.75, 3.05) is 13.2 Å². The molecule has 1 heterocycles. The fraction of sp³-hybridized carbons (Fsp3) is 0.143. The van der Waals surface area contributed by atoms with Gasteiger partial charge in [-0.25, -0.2) is 4.79 Å². The van der Waals surface area contributed by atoms with E-state index < -0.39 is 17.8 Å². The molecule has 0 fully saturated rings. The Bertz CT molecular complexity index is 658. The lowest BCUT2D eigenvalue weighted by Crippen LogP contribution is -2.29. The van der Waals surface area contributed by atoms with Gasteiger partial charge < -0.3 is 4.74 Å². The quantitative estimate of drug-likeness (QED) is 0.465. The summed E-state index contributed by atoms with van der Waals surface area (Å²) in [5.41, 5.74) is 0.526. The summed E-state index contributed by atoms with van der Waals surface area (Å²) in [7, 11) is 0. The van der Waals surface area contributed by atoms with Gasteiger partial charge in [-0.2, -0.15) is 5.26 Å². The zero-order valence-electron chi connectivity index (χ0n) is 10.5. The van der Waals surface area contributed by atoms with Crippen LogP contribution in [0.15, 0.2) is 30.9 Å². The van der Waals surface area contributed by atoms with E-state index in [0.717, 1.165) is 4.90 Å². The molecular formula is C14H10N2O4. The average molecular weight is 270 g/mol. The molecule has 0 N–H and O–H groups in total. The number of amides is 2. The van der Waals surface area contributed by atoms with Crippen LogP contribution in [0, 0.1) is 11.3 Å². The maximum absolute atomic E-state index is 12.0. The highest BCUT2D eigenvalue weighted by Crippen LogP contribution is 2.24. The lowest BCUT2D eigenvalue weighted by molar-refractivity contribution is 0.0554. The Morgan fingerprint density at radius 1 is 1.35 bits per heavy atom. The van der Waals surface area contributed by atoms with Crippen LogP contribution in [0.1, 0.15) is 31.1 Å². The van der Waals surface area contributed by atoms with E-state index in [2.05, 4.69) is 11.3 Å². The molecule has 1 aromatic rings. The third kappa shape index (κ3) is 2.17. The van der Waals surface area contributed by atoms with Crippen molar-refractivity contribution in [3.05, 3.63) is 47.5 Å². The van der Waals surface area contributed by atoms with Crippen LogP contribution in [0.5, 0.6) is 0 Å². The highest BCUT2D eigenvalue weighted by Gasteiger charge is 2.35. The number of nitriles is 1. The summed E-state index contributed by atoms with van der Waals surface area (Å²) in [6, 6.07) is 5.78. The third-order valence-electron chi connectivity index (χ3n) is 2.79. The number of carbonyl (C=O) groups is 3. The van der Waals surface area contributed by atoms with E-state index in [9.17, 15) is 14.4 Å². The van der Waals surface area contributed by atoms with Gasteiger partial charge in [0, 0.05) is 6.54 Å². The summed E-state index contributed by atoms with van der Waals surface area (Å²) >= 11 is 0. The van der Waals surface area contributed by atoms with Gasteiger partial charge >= 0.3 is 5.97 Å². The average Bonchev–Trinajstić information content (AvgIpc) is 2.70. The standard InChI is InChI=1S/C14H10N2O4/c1-2-6-16-12(17)10-4-3-9(8-11(10)13(16)18)14(19)20-7-5-15/h2-4,8H,1,6-7H2. The van der Waals surface area contributed by atoms with Crippen molar-refractivity contribution in [3.63, 3.8) is 0 Å². The molecule has 1 aliphatic rings. The smallest absolute Gasteiger partial charge is 0.339 e. The Morgan fingerprint density at radius 3 is 2.70 bits per heavy atom. The van der Waals surface area contributed by atoms with Crippen molar-refractivity contribution in [1.82, 2.24) is 4.90 Å². The van der Waals surface area contributed by atoms with E-state index in [-0.39, 0.29) is 29.8 Å². The Labute approximate surface area is 114 Å². The summed E-state index contributed by atoms with van der Waals surface area (Å²) in [6.45, 7) is 3.23. The Balaban J connectivity index is 2.33. The third-order valence-corrected chi connectivity index (χ3v) is 2.79. The van der Waals surface area contributed by atoms with Gasteiger partial charge in [0.25, 0.3) is 11.8 Å². The normalized spacial score (nSPS) is 12.8. The van der Waals surface area contributed by atoms with Crippen molar-refractivity contribution in [1.29, 1.82) is 5.26 Å². The van der Waals surface area contributed by atoms with Crippen LogP contribution in [0.4, 0.5) is 0 Å². The number of benzene rings is 1. The van der Waals surface area contributed by atoms with Crippen LogP contribution >= 0.6 is 0 Å². The number of carbonyl (C=O) groups excluding carboxylic acids is 3. The highest BCUT2D eigenvalue weighted by atomic mass is 16.5. The van der Waals surface area contributed by atoms with Crippen LogP contribution in [-0.2, 0) is 4.74 Å². The lowest BCUT2D eigenvalue weighted by atomic mass is 10.1. The molecule has 6 nitrogen and oxygen atoms in total. The van der Waals surface area contributed by atoms with Gasteiger partial charge in [-0.3, -0.25) is 14.5 Å². The van der Waals surface area contributed by atoms with Gasteiger partial charge in [-0.15, -0.1) is 6.58 Å². The molecule has 100 valence electrons. The van der Waals surface area contributed by atoms with E-state index in [0.29, 0.717) is 0 Å². The van der Waals surface area contributed by atoms with Crippen LogP contribution in [0.3, 0.4) is 0 Å². The maximum atomic E-state index is 12.0. The minimum Gasteiger partial charge on any atom is -0.447 e. The van der Waals surface area contributed by atoms with Crippen molar-refractivity contribution >= 4 is 17.8 Å². The molecule has 2 rings (SSSR count). The van der Waals surface area contributed by atoms with E-state index in [4.69, 9.17) is 5.26 Å². The minimum absolute atomic E-state index is 0.112. The van der Waals surface area contributed by atoms with Gasteiger partial charge in [-0.1, -0.05) is 6.08 Å². The van der Waals surface area contributed by atoms with Gasteiger partial charge in [0.1, 0.15) is 6.07 Å². The van der Waals surface area contributed by atoms with E-state index in [1.54, 1.807) is 6.07 Å². The second-order valence-corrected chi connectivity index (χ2v) is 4.00. The van der Waals surface area contributed by atoms with Crippen molar-refractivity contribution in [3.8, 4) is 6.07 Å². The van der Waals surface area contributed by atoms with E-state index >= 15 is 0 Å². The first-order chi connectivity index (χ1) is 9.60. The molecule has 0 unspecified atom stereocenters. The molecule has 0 spiro atoms. The first kappa shape index (κ1) is 13.5. The zero-order valence-corrected chi connectivity index (χ0v) is 10.5. The summed E-state index contributed by atoms with van der Waals surface area (Å²) < 4.78 is 4.65. The number of rotatable bonds is 4. The van der Waals surface area contributed by atoms with Gasteiger partial charge in [0.15, 0.2) is 6.61 Å². The van der Waals surface area contributed by atoms with Crippen molar-refractivity contribution in [2.45, 2.75) is 0 Å². The van der Waals surface area contributed by atoms with Gasteiger partial charge in [-0.05, 0) is 18.2 Å². The van der Waals surface area contributed by atoms with Crippen LogP contribution in [-0.4, -0.2) is 35.8 Å². The zero-order chi connectivity index (χ0) is 14.7. The summed E-state index contributed by atoms with van der Waals surface area (Å²) in [5.74, 6) is -1.60. The second-order valence-electron chi connectivity index (χ2n) is 4.00. The topological polar surface area (TPSA) is 87.5 Å². The molecule has 0 aliphatic carbocycles. The molecule has 0 aromatic heterocycles. The molecular weight excluding hydrogens is 260 g/mol. The molecule has 2 amide bonds. The molecule has 0 atom stereocenters. The van der Waals surface area contributed by atoms with E-state index in [1.807, 2.05) is 0 Å². The first-order valence-corrected chi connectivity index (χ1v) is 5.75. The van der Waals surface area contributed by atoms with Crippen LogP contribution < -0.4 is 0 Å². The molecule has 1 aliphatic heterocycles. The lowest BCUT2D eigenvalue weighted by Gasteiger charge is -2.09. The summed E-state index contributed by atoms with van der Waals surface area (Å²) in [4.78, 5) is 36.6. The number of imide groups is 1. The van der Waals surface area contributed by atoms with Crippen LogP contribution in [0.2, 0.25) is 0 Å². The molecule has 6 heteroatoms. The summed E-state index contributed by atoms with van der Waals surface area (Å²) in [6.07, 6.45) is 1.45. The molecule has 0 radical (unpaired) electrons. The number of nitrogens with zero attached hydrogens (tertiary/aromatic N) is 2. The first-order valence-electron chi connectivity index (χ1n) is 5.75. The van der Waals surface area contributed by atoms with Crippen molar-refractivity contribution in [2.24, 2.45) is 0 Å². The predicted octanol–water partition coefficient (Wildman–Crippen LogP) is 1.15. The molecule has 0 saturated carbocycles. The van der Waals surface area contributed by atoms with Gasteiger partial charge in [0.05, 0.1) is 16.7 Å². The molecule has 1 aromatic carbocycles. The Kier molecular flexibility index (Phi) is 3.62. The number of fused-ring (bicyclic) bond motifs is 1. The Hall–Kier alpha value is -2.94. The largest absolute Gasteiger partial charge is 0.447 e. The maximum Gasteiger partial charge on any atom is 0.339 e. The van der Waals surface area contributed by atoms with Crippen molar-refractivity contribution < 1.29 is 19.1 Å². The van der Waals surface area contributed by atoms with Crippen LogP contribution in [0.25, 0.3) is 0 Å². The monoisotopic (exact) mass is 270 g/mol. The SMILES string of the molecule is C=CCN1C(=O)c2ccc(C(=O)OCC#N)cc2C1=O. The summed E-state index contributed by atoms with van der Waals surface area (Å²) in [5, 5.41) is 8.35. The number of esters is 1. The predicted molar refractivity (Wildman–Crippen MR) is 67.9 cm³/mol. The molecule has 0 bridgehead atoms. The number of hydrogen-bond donors (Lipinski definition) is 0. The molecule has 0 saturated heterocycles. The fourth-order valence-electron chi connectivity index (χ4n) is 1.89. The van der Waals surface area contributed by atoms with Gasteiger partial charge in [0.2, 0.25) is 0 Å². The number of ether oxygens (including phenoxy) is 1. The fourth-order valence-corrected chi connectivity index (χ4v) is 1.89. The van der Waals surface area contributed by atoms with E-state index in [1.165, 1.54) is 24.3 Å². The minimum atomic E-state index is -0.711. The Morgan fingerprint density at radius 2 is 2.05 bits per heavy atom.